The Kier molecular flexibility index (Phi) is 3.44. The van der Waals surface area contributed by atoms with Crippen LogP contribution < -0.4 is 5.32 Å². The number of hydrogen-bond donors (Lipinski definition) is 2. The molecule has 1 fully saturated rings. The molecule has 1 saturated carbocycles. The van der Waals surface area contributed by atoms with Gasteiger partial charge < -0.3 is 10.4 Å². The van der Waals surface area contributed by atoms with Crippen molar-refractivity contribution in [1.82, 2.24) is 9.78 Å². The normalized spacial score (nSPS) is 19.7. The predicted octanol–water partition coefficient (Wildman–Crippen LogP) is 2.15. The number of benzene rings is 1. The summed E-state index contributed by atoms with van der Waals surface area (Å²) in [5.74, 6) is -2.11. The number of aryl methyl sites for hydroxylation is 2. The largest absolute Gasteiger partial charge is 0.481 e. The molecular formula is C16H17N3O3. The minimum Gasteiger partial charge on any atom is -0.481 e. The molecule has 114 valence electrons. The molecule has 0 aliphatic heterocycles. The van der Waals surface area contributed by atoms with Crippen molar-refractivity contribution >= 4 is 17.6 Å². The maximum Gasteiger partial charge on any atom is 0.307 e. The Morgan fingerprint density at radius 2 is 2.05 bits per heavy atom. The van der Waals surface area contributed by atoms with Gasteiger partial charge in [0, 0.05) is 11.4 Å². The molecule has 0 saturated heterocycles. The van der Waals surface area contributed by atoms with Crippen LogP contribution in [0.4, 0.5) is 5.69 Å². The van der Waals surface area contributed by atoms with E-state index in [1.165, 1.54) is 0 Å². The van der Waals surface area contributed by atoms with Crippen LogP contribution in [0.25, 0.3) is 5.69 Å². The van der Waals surface area contributed by atoms with Crippen molar-refractivity contribution in [2.75, 3.05) is 5.32 Å². The van der Waals surface area contributed by atoms with Crippen LogP contribution in [-0.2, 0) is 9.59 Å². The van der Waals surface area contributed by atoms with Crippen molar-refractivity contribution in [3.05, 3.63) is 41.7 Å². The molecule has 6 heteroatoms. The van der Waals surface area contributed by atoms with E-state index in [2.05, 4.69) is 10.4 Å². The molecule has 22 heavy (non-hydrogen) atoms. The number of nitrogens with zero attached hydrogens (tertiary/aromatic N) is 2. The molecule has 0 spiro atoms. The Bertz CT molecular complexity index is 751. The van der Waals surface area contributed by atoms with Crippen molar-refractivity contribution in [1.29, 1.82) is 0 Å². The molecule has 2 aromatic rings. The van der Waals surface area contributed by atoms with Crippen LogP contribution in [0, 0.1) is 25.7 Å². The quantitative estimate of drug-likeness (QED) is 0.906. The maximum atomic E-state index is 12.0. The maximum absolute atomic E-state index is 12.0. The van der Waals surface area contributed by atoms with Crippen molar-refractivity contribution in [3.63, 3.8) is 0 Å². The Hall–Kier alpha value is -2.63. The number of aliphatic carboxylic acids is 1. The summed E-state index contributed by atoms with van der Waals surface area (Å²) in [6, 6.07) is 9.34. The Morgan fingerprint density at radius 3 is 2.64 bits per heavy atom. The van der Waals surface area contributed by atoms with E-state index in [1.54, 1.807) is 6.07 Å². The molecule has 6 nitrogen and oxygen atoms in total. The number of nitrogens with one attached hydrogen (secondary N) is 1. The van der Waals surface area contributed by atoms with Gasteiger partial charge in [-0.15, -0.1) is 0 Å². The molecule has 1 aromatic carbocycles. The first kappa shape index (κ1) is 14.3. The molecule has 1 aromatic heterocycles. The third-order valence-corrected chi connectivity index (χ3v) is 3.81. The molecule has 1 aliphatic carbocycles. The van der Waals surface area contributed by atoms with Crippen LogP contribution in [0.1, 0.15) is 17.8 Å². The zero-order chi connectivity index (χ0) is 15.9. The van der Waals surface area contributed by atoms with Gasteiger partial charge in [0.2, 0.25) is 5.91 Å². The predicted molar refractivity (Wildman–Crippen MR) is 80.9 cm³/mol. The summed E-state index contributed by atoms with van der Waals surface area (Å²) in [5, 5.41) is 16.1. The summed E-state index contributed by atoms with van der Waals surface area (Å²) in [6.45, 7) is 3.89. The number of anilines is 1. The highest BCUT2D eigenvalue weighted by Gasteiger charge is 2.48. The number of carboxylic acids is 1. The lowest BCUT2D eigenvalue weighted by Gasteiger charge is -2.08. The van der Waals surface area contributed by atoms with Crippen molar-refractivity contribution in [3.8, 4) is 5.69 Å². The van der Waals surface area contributed by atoms with Crippen LogP contribution >= 0.6 is 0 Å². The minimum atomic E-state index is -0.906. The highest BCUT2D eigenvalue weighted by molar-refractivity contribution is 5.98. The van der Waals surface area contributed by atoms with Gasteiger partial charge in [-0.2, -0.15) is 5.10 Å². The number of carbonyl (C=O) groups is 2. The van der Waals surface area contributed by atoms with Gasteiger partial charge in [-0.25, -0.2) is 4.68 Å². The Labute approximate surface area is 127 Å². The zero-order valence-electron chi connectivity index (χ0n) is 12.4. The molecule has 1 aliphatic rings. The van der Waals surface area contributed by atoms with Gasteiger partial charge in [0.25, 0.3) is 0 Å². The highest BCUT2D eigenvalue weighted by atomic mass is 16.4. The molecule has 2 unspecified atom stereocenters. The minimum absolute atomic E-state index is 0.238. The summed E-state index contributed by atoms with van der Waals surface area (Å²) >= 11 is 0. The van der Waals surface area contributed by atoms with Gasteiger partial charge in [0.1, 0.15) is 0 Å². The molecule has 1 heterocycles. The van der Waals surface area contributed by atoms with Crippen LogP contribution in [0.15, 0.2) is 30.3 Å². The first-order valence-electron chi connectivity index (χ1n) is 7.13. The average Bonchev–Trinajstić information content (AvgIpc) is 3.19. The van der Waals surface area contributed by atoms with Crippen molar-refractivity contribution in [2.45, 2.75) is 20.3 Å². The van der Waals surface area contributed by atoms with E-state index in [-0.39, 0.29) is 5.91 Å². The lowest BCUT2D eigenvalue weighted by Crippen LogP contribution is -2.17. The number of carbonyl (C=O) groups excluding carboxylic acids is 1. The average molecular weight is 299 g/mol. The molecule has 0 radical (unpaired) electrons. The van der Waals surface area contributed by atoms with E-state index < -0.39 is 17.8 Å². The zero-order valence-corrected chi connectivity index (χ0v) is 12.4. The molecule has 1 amide bonds. The van der Waals surface area contributed by atoms with Gasteiger partial charge in [-0.3, -0.25) is 9.59 Å². The molecule has 2 N–H and O–H groups in total. The fraction of sp³-hybridized carbons (Fsp3) is 0.312. The number of aromatic nitrogens is 2. The summed E-state index contributed by atoms with van der Waals surface area (Å²) < 4.78 is 1.81. The van der Waals surface area contributed by atoms with E-state index in [0.29, 0.717) is 12.1 Å². The smallest absolute Gasteiger partial charge is 0.307 e. The second-order valence-corrected chi connectivity index (χ2v) is 5.67. The second-order valence-electron chi connectivity index (χ2n) is 5.67. The third kappa shape index (κ3) is 2.72. The summed E-state index contributed by atoms with van der Waals surface area (Å²) in [6.07, 6.45) is 0.415. The highest BCUT2D eigenvalue weighted by Crippen LogP contribution is 2.39. The fourth-order valence-corrected chi connectivity index (χ4v) is 2.60. The van der Waals surface area contributed by atoms with Gasteiger partial charge in [-0.05, 0) is 44.5 Å². The molecule has 2 atom stereocenters. The van der Waals surface area contributed by atoms with E-state index in [9.17, 15) is 9.59 Å². The topological polar surface area (TPSA) is 84.2 Å². The second kappa shape index (κ2) is 5.29. The van der Waals surface area contributed by atoms with Crippen LogP contribution in [-0.4, -0.2) is 26.8 Å². The number of rotatable bonds is 4. The van der Waals surface area contributed by atoms with Crippen molar-refractivity contribution in [2.24, 2.45) is 11.8 Å². The molecule has 3 rings (SSSR count). The number of hydrogen-bond acceptors (Lipinski definition) is 3. The van der Waals surface area contributed by atoms with Crippen LogP contribution in [0.5, 0.6) is 0 Å². The van der Waals surface area contributed by atoms with Gasteiger partial charge >= 0.3 is 5.97 Å². The van der Waals surface area contributed by atoms with Gasteiger partial charge in [0.05, 0.1) is 23.2 Å². The fourth-order valence-electron chi connectivity index (χ4n) is 2.60. The first-order valence-corrected chi connectivity index (χ1v) is 7.13. The number of carboxylic acid groups (broad SMARTS) is 1. The van der Waals surface area contributed by atoms with E-state index in [1.807, 2.05) is 42.8 Å². The molecular weight excluding hydrogens is 282 g/mol. The lowest BCUT2D eigenvalue weighted by molar-refractivity contribution is -0.139. The summed E-state index contributed by atoms with van der Waals surface area (Å²) in [7, 11) is 0. The van der Waals surface area contributed by atoms with E-state index in [4.69, 9.17) is 5.11 Å². The molecule has 0 bridgehead atoms. The van der Waals surface area contributed by atoms with Gasteiger partial charge in [-0.1, -0.05) is 6.07 Å². The van der Waals surface area contributed by atoms with Crippen molar-refractivity contribution < 1.29 is 14.7 Å². The summed E-state index contributed by atoms with van der Waals surface area (Å²) in [5.41, 5.74) is 3.43. The van der Waals surface area contributed by atoms with Crippen LogP contribution in [0.2, 0.25) is 0 Å². The monoisotopic (exact) mass is 299 g/mol. The van der Waals surface area contributed by atoms with Gasteiger partial charge in [0.15, 0.2) is 0 Å². The first-order chi connectivity index (χ1) is 10.5. The lowest BCUT2D eigenvalue weighted by atomic mass is 10.2. The van der Waals surface area contributed by atoms with E-state index >= 15 is 0 Å². The number of amides is 1. The van der Waals surface area contributed by atoms with Crippen LogP contribution in [0.3, 0.4) is 0 Å². The summed E-state index contributed by atoms with van der Waals surface area (Å²) in [4.78, 5) is 22.8. The SMILES string of the molecule is Cc1cc(C)n(-c2cccc(NC(=O)C3CC3C(=O)O)c2)n1. The van der Waals surface area contributed by atoms with E-state index in [0.717, 1.165) is 17.1 Å². The Balaban J connectivity index is 1.76. The third-order valence-electron chi connectivity index (χ3n) is 3.81. The Morgan fingerprint density at radius 1 is 1.27 bits per heavy atom. The standard InChI is InChI=1S/C16H17N3O3/c1-9-6-10(2)19(18-9)12-5-3-4-11(7-12)17-15(20)13-8-14(13)16(21)22/h3-7,13-14H,8H2,1-2H3,(H,17,20)(H,21,22).